The predicted molar refractivity (Wildman–Crippen MR) is 146 cm³/mol. The molecule has 0 bridgehead atoms. The number of nitrogens with one attached hydrogen (secondary N) is 2. The van der Waals surface area contributed by atoms with Crippen LogP contribution >= 0.6 is 46.4 Å². The van der Waals surface area contributed by atoms with Gasteiger partial charge in [-0.2, -0.15) is 0 Å². The number of piperidine rings is 1. The SMILES string of the molecule is CC(=O)NC1CCN(CCC(C)(C(=O)NC(CO)c2ccc(Cl)c(Cl)c2)c2ccc(Cl)c(Cl)c2)CC1. The molecule has 3 N–H and O–H groups in total. The third kappa shape index (κ3) is 7.27. The van der Waals surface area contributed by atoms with Crippen LogP contribution in [0.2, 0.25) is 20.1 Å². The maximum Gasteiger partial charge on any atom is 0.230 e. The smallest absolute Gasteiger partial charge is 0.230 e. The summed E-state index contributed by atoms with van der Waals surface area (Å²) in [6.07, 6.45) is 2.24. The van der Waals surface area contributed by atoms with E-state index >= 15 is 0 Å². The van der Waals surface area contributed by atoms with Gasteiger partial charge in [0.25, 0.3) is 0 Å². The first-order chi connectivity index (χ1) is 17.0. The van der Waals surface area contributed by atoms with E-state index in [0.29, 0.717) is 38.6 Å². The lowest BCUT2D eigenvalue weighted by Crippen LogP contribution is -2.48. The van der Waals surface area contributed by atoms with Crippen LogP contribution < -0.4 is 10.6 Å². The van der Waals surface area contributed by atoms with Gasteiger partial charge in [-0.1, -0.05) is 58.5 Å². The van der Waals surface area contributed by atoms with Crippen molar-refractivity contribution in [2.45, 2.75) is 50.6 Å². The summed E-state index contributed by atoms with van der Waals surface area (Å²) >= 11 is 24.7. The molecule has 2 unspecified atom stereocenters. The molecule has 1 fully saturated rings. The van der Waals surface area contributed by atoms with E-state index in [0.717, 1.165) is 31.5 Å². The fraction of sp³-hybridized carbons (Fsp3) is 0.462. The van der Waals surface area contributed by atoms with Gasteiger partial charge < -0.3 is 20.6 Å². The van der Waals surface area contributed by atoms with Gasteiger partial charge in [-0.05, 0) is 68.1 Å². The summed E-state index contributed by atoms with van der Waals surface area (Å²) in [7, 11) is 0. The predicted octanol–water partition coefficient (Wildman–Crippen LogP) is 5.40. The molecule has 196 valence electrons. The van der Waals surface area contributed by atoms with Gasteiger partial charge in [0.15, 0.2) is 0 Å². The Balaban J connectivity index is 1.79. The average Bonchev–Trinajstić information content (AvgIpc) is 2.84. The van der Waals surface area contributed by atoms with Gasteiger partial charge in [0.05, 0.1) is 38.2 Å². The summed E-state index contributed by atoms with van der Waals surface area (Å²) in [6.45, 7) is 5.42. The van der Waals surface area contributed by atoms with Crippen LogP contribution in [0.4, 0.5) is 0 Å². The quantitative estimate of drug-likeness (QED) is 0.374. The van der Waals surface area contributed by atoms with Crippen LogP contribution in [0, 0.1) is 0 Å². The fourth-order valence-electron chi connectivity index (χ4n) is 4.48. The molecule has 1 aliphatic rings. The van der Waals surface area contributed by atoms with Crippen molar-refractivity contribution in [1.29, 1.82) is 0 Å². The molecule has 0 spiro atoms. The summed E-state index contributed by atoms with van der Waals surface area (Å²) in [5.41, 5.74) is 0.428. The molecule has 0 aromatic heterocycles. The van der Waals surface area contributed by atoms with E-state index in [9.17, 15) is 14.7 Å². The fourth-order valence-corrected chi connectivity index (χ4v) is 5.08. The van der Waals surface area contributed by atoms with E-state index in [4.69, 9.17) is 46.4 Å². The maximum absolute atomic E-state index is 13.8. The maximum atomic E-state index is 13.8. The molecule has 0 saturated carbocycles. The number of likely N-dealkylation sites (tertiary alicyclic amines) is 1. The lowest BCUT2D eigenvalue weighted by Gasteiger charge is -2.36. The molecular weight excluding hydrogens is 544 g/mol. The van der Waals surface area contributed by atoms with E-state index in [1.165, 1.54) is 6.92 Å². The Kier molecular flexibility index (Phi) is 10.3. The van der Waals surface area contributed by atoms with Crippen LogP contribution in [0.1, 0.15) is 50.3 Å². The van der Waals surface area contributed by atoms with Gasteiger partial charge in [-0.15, -0.1) is 0 Å². The zero-order valence-corrected chi connectivity index (χ0v) is 23.3. The number of carbonyl (C=O) groups is 2. The Morgan fingerprint density at radius 3 is 2.19 bits per heavy atom. The first kappa shape index (κ1) is 29.0. The molecule has 0 radical (unpaired) electrons. The molecule has 0 aliphatic carbocycles. The van der Waals surface area contributed by atoms with Gasteiger partial charge in [-0.25, -0.2) is 0 Å². The van der Waals surface area contributed by atoms with Crippen molar-refractivity contribution in [1.82, 2.24) is 15.5 Å². The molecule has 2 aromatic rings. The number of rotatable bonds is 9. The molecule has 10 heteroatoms. The van der Waals surface area contributed by atoms with Gasteiger partial charge in [0.1, 0.15) is 0 Å². The van der Waals surface area contributed by atoms with E-state index in [1.54, 1.807) is 30.3 Å². The molecular formula is C26H31Cl4N3O3. The van der Waals surface area contributed by atoms with Gasteiger partial charge >= 0.3 is 0 Å². The summed E-state index contributed by atoms with van der Waals surface area (Å²) in [6, 6.07) is 9.74. The van der Waals surface area contributed by atoms with Crippen molar-refractivity contribution < 1.29 is 14.7 Å². The third-order valence-electron chi connectivity index (χ3n) is 6.81. The first-order valence-corrected chi connectivity index (χ1v) is 13.4. The minimum atomic E-state index is -0.952. The molecule has 2 atom stereocenters. The standard InChI is InChI=1S/C26H31Cl4N3O3/c1-16(35)31-19-7-10-33(11-8-19)12-9-26(2,18-4-6-21(28)23(30)14-18)25(36)32-24(15-34)17-3-5-20(27)22(29)13-17/h3-6,13-14,19,24,34H,7-12,15H2,1-2H3,(H,31,35)(H,32,36). The van der Waals surface area contributed by atoms with Crippen molar-refractivity contribution in [3.63, 3.8) is 0 Å². The van der Waals surface area contributed by atoms with E-state index in [2.05, 4.69) is 15.5 Å². The second kappa shape index (κ2) is 12.8. The number of carbonyl (C=O) groups excluding carboxylic acids is 2. The molecule has 1 heterocycles. The number of nitrogens with zero attached hydrogens (tertiary/aromatic N) is 1. The van der Waals surface area contributed by atoms with Crippen LogP contribution in [0.3, 0.4) is 0 Å². The molecule has 1 saturated heterocycles. The Morgan fingerprint density at radius 2 is 1.64 bits per heavy atom. The highest BCUT2D eigenvalue weighted by Gasteiger charge is 2.37. The largest absolute Gasteiger partial charge is 0.394 e. The monoisotopic (exact) mass is 573 g/mol. The van der Waals surface area contributed by atoms with Crippen LogP contribution in [-0.4, -0.2) is 54.1 Å². The number of hydrogen-bond acceptors (Lipinski definition) is 4. The van der Waals surface area contributed by atoms with Gasteiger partial charge in [0, 0.05) is 26.1 Å². The molecule has 6 nitrogen and oxygen atoms in total. The molecule has 3 rings (SSSR count). The number of amides is 2. The Hall–Kier alpha value is -1.54. The molecule has 2 aromatic carbocycles. The summed E-state index contributed by atoms with van der Waals surface area (Å²) in [5.74, 6) is -0.267. The molecule has 2 amide bonds. The van der Waals surface area contributed by atoms with E-state index < -0.39 is 11.5 Å². The number of benzene rings is 2. The second-order valence-electron chi connectivity index (χ2n) is 9.41. The van der Waals surface area contributed by atoms with Gasteiger partial charge in [0.2, 0.25) is 11.8 Å². The Bertz CT molecular complexity index is 1090. The molecule has 36 heavy (non-hydrogen) atoms. The highest BCUT2D eigenvalue weighted by atomic mass is 35.5. The highest BCUT2D eigenvalue weighted by molar-refractivity contribution is 6.42. The Morgan fingerprint density at radius 1 is 1.03 bits per heavy atom. The van der Waals surface area contributed by atoms with Crippen LogP contribution in [-0.2, 0) is 15.0 Å². The number of aliphatic hydroxyl groups excluding tert-OH is 1. The molecule has 1 aliphatic heterocycles. The summed E-state index contributed by atoms with van der Waals surface area (Å²) in [5, 5.41) is 17.5. The van der Waals surface area contributed by atoms with Crippen molar-refractivity contribution in [2.24, 2.45) is 0 Å². The van der Waals surface area contributed by atoms with E-state index in [1.807, 2.05) is 13.0 Å². The first-order valence-electron chi connectivity index (χ1n) is 11.8. The minimum Gasteiger partial charge on any atom is -0.394 e. The second-order valence-corrected chi connectivity index (χ2v) is 11.0. The van der Waals surface area contributed by atoms with E-state index in [-0.39, 0.29) is 24.5 Å². The lowest BCUT2D eigenvalue weighted by atomic mass is 9.78. The Labute approximate surface area is 232 Å². The number of halogens is 4. The number of hydrogen-bond donors (Lipinski definition) is 3. The van der Waals surface area contributed by atoms with Crippen LogP contribution in [0.5, 0.6) is 0 Å². The highest BCUT2D eigenvalue weighted by Crippen LogP contribution is 2.34. The van der Waals surface area contributed by atoms with Crippen molar-refractivity contribution in [2.75, 3.05) is 26.2 Å². The van der Waals surface area contributed by atoms with Crippen LogP contribution in [0.15, 0.2) is 36.4 Å². The lowest BCUT2D eigenvalue weighted by molar-refractivity contribution is -0.128. The summed E-state index contributed by atoms with van der Waals surface area (Å²) < 4.78 is 0. The van der Waals surface area contributed by atoms with Crippen LogP contribution in [0.25, 0.3) is 0 Å². The minimum absolute atomic E-state index is 0.0160. The van der Waals surface area contributed by atoms with Crippen molar-refractivity contribution in [3.8, 4) is 0 Å². The van der Waals surface area contributed by atoms with Crippen molar-refractivity contribution in [3.05, 3.63) is 67.6 Å². The third-order valence-corrected chi connectivity index (χ3v) is 8.29. The number of aliphatic hydroxyl groups is 1. The summed E-state index contributed by atoms with van der Waals surface area (Å²) in [4.78, 5) is 27.4. The zero-order chi connectivity index (χ0) is 26.5. The average molecular weight is 575 g/mol. The normalized spacial score (nSPS) is 17.3. The van der Waals surface area contributed by atoms with Gasteiger partial charge in [-0.3, -0.25) is 9.59 Å². The van der Waals surface area contributed by atoms with Crippen molar-refractivity contribution >= 4 is 58.2 Å². The topological polar surface area (TPSA) is 81.7 Å². The zero-order valence-electron chi connectivity index (χ0n) is 20.3.